The Morgan fingerprint density at radius 2 is 1.79 bits per heavy atom. The quantitative estimate of drug-likeness (QED) is 0.785. The molecule has 4 nitrogen and oxygen atoms in total. The molecule has 0 bridgehead atoms. The molecular formula is C16H13F3N2O2S. The Morgan fingerprint density at radius 3 is 2.46 bits per heavy atom. The number of rotatable bonds is 5. The van der Waals surface area contributed by atoms with Gasteiger partial charge in [-0.15, -0.1) is 0 Å². The predicted octanol–water partition coefficient (Wildman–Crippen LogP) is 4.35. The van der Waals surface area contributed by atoms with Crippen molar-refractivity contribution in [3.05, 3.63) is 53.8 Å². The average Bonchev–Trinajstić information content (AvgIpc) is 2.50. The maximum atomic E-state index is 13.9. The molecule has 2 aromatic carbocycles. The van der Waals surface area contributed by atoms with Crippen LogP contribution in [-0.4, -0.2) is 17.6 Å². The van der Waals surface area contributed by atoms with Gasteiger partial charge < -0.3 is 10.6 Å². The van der Waals surface area contributed by atoms with Gasteiger partial charge >= 0.3 is 0 Å². The average molecular weight is 354 g/mol. The van der Waals surface area contributed by atoms with Crippen molar-refractivity contribution in [2.24, 2.45) is 0 Å². The van der Waals surface area contributed by atoms with Gasteiger partial charge in [0.25, 0.3) is 11.7 Å². The summed E-state index contributed by atoms with van der Waals surface area (Å²) in [7, 11) is 0. The van der Waals surface area contributed by atoms with Gasteiger partial charge in [-0.3, -0.25) is 9.59 Å². The van der Waals surface area contributed by atoms with E-state index < -0.39 is 17.5 Å². The number of carbonyl (C=O) groups is 2. The van der Waals surface area contributed by atoms with Crippen LogP contribution >= 0.6 is 11.8 Å². The number of thioether (sulfide) groups is 1. The fourth-order valence-corrected chi connectivity index (χ4v) is 2.53. The number of hydrogen-bond acceptors (Lipinski definition) is 3. The summed E-state index contributed by atoms with van der Waals surface area (Å²) >= 11 is 0.279. The highest BCUT2D eigenvalue weighted by molar-refractivity contribution is 7.99. The van der Waals surface area contributed by atoms with Crippen molar-refractivity contribution in [1.82, 2.24) is 0 Å². The van der Waals surface area contributed by atoms with Gasteiger partial charge in [0.15, 0.2) is 0 Å². The van der Waals surface area contributed by atoms with E-state index in [9.17, 15) is 22.8 Å². The maximum Gasteiger partial charge on any atom is 0.288 e. The van der Waals surface area contributed by atoms with Crippen LogP contribution in [0.25, 0.3) is 0 Å². The number of alkyl halides is 2. The van der Waals surface area contributed by atoms with E-state index in [1.165, 1.54) is 31.2 Å². The number of halogens is 3. The summed E-state index contributed by atoms with van der Waals surface area (Å²) in [5.74, 6) is -4.61. The van der Waals surface area contributed by atoms with Gasteiger partial charge in [-0.05, 0) is 30.3 Å². The van der Waals surface area contributed by atoms with Crippen LogP contribution in [0.2, 0.25) is 0 Å². The van der Waals surface area contributed by atoms with Crippen molar-refractivity contribution >= 4 is 35.0 Å². The Hall–Kier alpha value is -2.48. The van der Waals surface area contributed by atoms with E-state index in [1.807, 2.05) is 0 Å². The number of amides is 2. The van der Waals surface area contributed by atoms with Crippen molar-refractivity contribution in [3.63, 3.8) is 0 Å². The van der Waals surface area contributed by atoms with Gasteiger partial charge in [0, 0.05) is 17.5 Å². The molecule has 0 unspecified atom stereocenters. The Kier molecular flexibility index (Phi) is 5.86. The molecule has 0 spiro atoms. The topological polar surface area (TPSA) is 58.2 Å². The van der Waals surface area contributed by atoms with Gasteiger partial charge in [0.05, 0.1) is 11.3 Å². The van der Waals surface area contributed by atoms with Gasteiger partial charge in [0.2, 0.25) is 5.91 Å². The van der Waals surface area contributed by atoms with Gasteiger partial charge in [-0.1, -0.05) is 23.9 Å². The van der Waals surface area contributed by atoms with Crippen LogP contribution in [0.1, 0.15) is 17.3 Å². The van der Waals surface area contributed by atoms with E-state index in [-0.39, 0.29) is 39.5 Å². The summed E-state index contributed by atoms with van der Waals surface area (Å²) in [4.78, 5) is 23.5. The monoisotopic (exact) mass is 354 g/mol. The third-order valence-electron chi connectivity index (χ3n) is 2.88. The normalized spacial score (nSPS) is 10.5. The summed E-state index contributed by atoms with van der Waals surface area (Å²) in [6.45, 7) is 1.28. The molecule has 2 rings (SSSR count). The summed E-state index contributed by atoms with van der Waals surface area (Å²) in [6.07, 6.45) is 0. The fraction of sp³-hybridized carbons (Fsp3) is 0.125. The molecule has 0 heterocycles. The molecule has 2 amide bonds. The molecule has 0 atom stereocenters. The molecule has 0 saturated heterocycles. The minimum absolute atomic E-state index is 0.150. The summed E-state index contributed by atoms with van der Waals surface area (Å²) in [5.41, 5.74) is 0.0968. The van der Waals surface area contributed by atoms with Crippen LogP contribution in [0.5, 0.6) is 0 Å². The lowest BCUT2D eigenvalue weighted by molar-refractivity contribution is -0.114. The maximum absolute atomic E-state index is 13.9. The van der Waals surface area contributed by atoms with Crippen molar-refractivity contribution in [1.29, 1.82) is 0 Å². The van der Waals surface area contributed by atoms with Crippen molar-refractivity contribution in [3.8, 4) is 0 Å². The molecular weight excluding hydrogens is 341 g/mol. The van der Waals surface area contributed by atoms with E-state index in [2.05, 4.69) is 10.6 Å². The van der Waals surface area contributed by atoms with E-state index in [4.69, 9.17) is 0 Å². The summed E-state index contributed by atoms with van der Waals surface area (Å²) in [6, 6.07) is 9.52. The minimum Gasteiger partial charge on any atom is -0.326 e. The van der Waals surface area contributed by atoms with Crippen molar-refractivity contribution in [2.45, 2.75) is 17.6 Å². The smallest absolute Gasteiger partial charge is 0.288 e. The standard InChI is InChI=1S/C16H13F3N2O2S/c1-9(22)20-10-6-7-12(17)11(8-10)15(23)21-13-4-2-3-5-14(13)24-16(18)19/h2-8,16H,1H3,(H,20,22)(H,21,23). The van der Waals surface area contributed by atoms with Crippen LogP contribution in [0, 0.1) is 5.82 Å². The van der Waals surface area contributed by atoms with E-state index in [1.54, 1.807) is 12.1 Å². The molecule has 0 aliphatic heterocycles. The first-order valence-electron chi connectivity index (χ1n) is 6.79. The number of hydrogen-bond donors (Lipinski definition) is 2. The molecule has 24 heavy (non-hydrogen) atoms. The number of nitrogens with one attached hydrogen (secondary N) is 2. The minimum atomic E-state index is -2.65. The van der Waals surface area contributed by atoms with Crippen LogP contribution in [0.15, 0.2) is 47.4 Å². The number of carbonyl (C=O) groups excluding carboxylic acids is 2. The lowest BCUT2D eigenvalue weighted by Crippen LogP contribution is -2.15. The molecule has 0 aliphatic carbocycles. The summed E-state index contributed by atoms with van der Waals surface area (Å²) < 4.78 is 39.0. The molecule has 0 aromatic heterocycles. The highest BCUT2D eigenvalue weighted by Crippen LogP contribution is 2.32. The molecule has 0 fully saturated rings. The summed E-state index contributed by atoms with van der Waals surface area (Å²) in [5, 5.41) is 4.85. The van der Waals surface area contributed by atoms with Crippen molar-refractivity contribution in [2.75, 3.05) is 10.6 Å². The largest absolute Gasteiger partial charge is 0.326 e. The van der Waals surface area contributed by atoms with Crippen LogP contribution in [0.3, 0.4) is 0 Å². The van der Waals surface area contributed by atoms with Gasteiger partial charge in [-0.25, -0.2) is 4.39 Å². The third kappa shape index (κ3) is 4.76. The third-order valence-corrected chi connectivity index (χ3v) is 3.67. The second-order valence-electron chi connectivity index (χ2n) is 4.70. The van der Waals surface area contributed by atoms with Crippen molar-refractivity contribution < 1.29 is 22.8 Å². The Bertz CT molecular complexity index is 769. The Labute approximate surface area is 140 Å². The predicted molar refractivity (Wildman–Crippen MR) is 87.0 cm³/mol. The second-order valence-corrected chi connectivity index (χ2v) is 5.74. The number of anilines is 2. The zero-order chi connectivity index (χ0) is 17.7. The van der Waals surface area contributed by atoms with Crippen LogP contribution in [-0.2, 0) is 4.79 Å². The van der Waals surface area contributed by atoms with Gasteiger partial charge in [-0.2, -0.15) is 8.78 Å². The lowest BCUT2D eigenvalue weighted by Gasteiger charge is -2.11. The van der Waals surface area contributed by atoms with Gasteiger partial charge in [0.1, 0.15) is 5.82 Å². The lowest BCUT2D eigenvalue weighted by atomic mass is 10.1. The molecule has 0 saturated carbocycles. The first-order chi connectivity index (χ1) is 11.4. The zero-order valence-corrected chi connectivity index (χ0v) is 13.3. The highest BCUT2D eigenvalue weighted by Gasteiger charge is 2.16. The molecule has 2 aromatic rings. The number of benzene rings is 2. The fourth-order valence-electron chi connectivity index (χ4n) is 1.94. The first-order valence-corrected chi connectivity index (χ1v) is 7.67. The molecule has 0 radical (unpaired) electrons. The van der Waals surface area contributed by atoms with E-state index in [0.29, 0.717) is 0 Å². The molecule has 8 heteroatoms. The number of para-hydroxylation sites is 1. The van der Waals surface area contributed by atoms with E-state index in [0.717, 1.165) is 6.07 Å². The zero-order valence-electron chi connectivity index (χ0n) is 12.5. The first kappa shape index (κ1) is 17.9. The van der Waals surface area contributed by atoms with Crippen LogP contribution < -0.4 is 10.6 Å². The van der Waals surface area contributed by atoms with E-state index >= 15 is 0 Å². The highest BCUT2D eigenvalue weighted by atomic mass is 32.2. The molecule has 2 N–H and O–H groups in total. The van der Waals surface area contributed by atoms with Crippen LogP contribution in [0.4, 0.5) is 24.5 Å². The molecule has 0 aliphatic rings. The Balaban J connectivity index is 2.26. The second kappa shape index (κ2) is 7.87. The Morgan fingerprint density at radius 1 is 1.08 bits per heavy atom. The molecule has 126 valence electrons. The SMILES string of the molecule is CC(=O)Nc1ccc(F)c(C(=O)Nc2ccccc2SC(F)F)c1.